The molecule has 0 unspecified atom stereocenters. The first-order chi connectivity index (χ1) is 13.6. The molecule has 0 radical (unpaired) electrons. The van der Waals surface area contributed by atoms with Gasteiger partial charge in [-0.2, -0.15) is 0 Å². The van der Waals surface area contributed by atoms with E-state index in [-0.39, 0.29) is 11.6 Å². The summed E-state index contributed by atoms with van der Waals surface area (Å²) in [6.07, 6.45) is 2.07. The molecular formula is C25H19BrO2. The van der Waals surface area contributed by atoms with Crippen molar-refractivity contribution in [2.75, 3.05) is 0 Å². The van der Waals surface area contributed by atoms with Crippen LogP contribution in [-0.2, 0) is 6.42 Å². The molecular weight excluding hydrogens is 412 g/mol. The Balaban J connectivity index is 1.88. The van der Waals surface area contributed by atoms with Gasteiger partial charge >= 0.3 is 0 Å². The quantitative estimate of drug-likeness (QED) is 0.439. The molecule has 0 spiro atoms. The minimum absolute atomic E-state index is 0.0840. The number of hydrogen-bond acceptors (Lipinski definition) is 2. The number of benzene rings is 3. The topological polar surface area (TPSA) is 34.1 Å². The molecule has 3 aromatic carbocycles. The lowest BCUT2D eigenvalue weighted by molar-refractivity contribution is 0.104. The molecule has 0 N–H and O–H groups in total. The third-order valence-electron chi connectivity index (χ3n) is 5.03. The van der Waals surface area contributed by atoms with Crippen LogP contribution in [0.1, 0.15) is 50.8 Å². The highest BCUT2D eigenvalue weighted by atomic mass is 79.9. The Morgan fingerprint density at radius 3 is 2.14 bits per heavy atom. The van der Waals surface area contributed by atoms with E-state index in [1.54, 1.807) is 18.2 Å². The van der Waals surface area contributed by atoms with Crippen LogP contribution in [0.2, 0.25) is 0 Å². The number of rotatable bonds is 5. The van der Waals surface area contributed by atoms with Gasteiger partial charge in [0, 0.05) is 26.7 Å². The Morgan fingerprint density at radius 1 is 0.857 bits per heavy atom. The van der Waals surface area contributed by atoms with E-state index in [1.165, 1.54) is 5.56 Å². The van der Waals surface area contributed by atoms with Gasteiger partial charge in [-0.25, -0.2) is 0 Å². The molecule has 3 aromatic rings. The fourth-order valence-corrected chi connectivity index (χ4v) is 3.93. The van der Waals surface area contributed by atoms with Crippen molar-refractivity contribution in [2.45, 2.75) is 19.8 Å². The van der Waals surface area contributed by atoms with Crippen LogP contribution < -0.4 is 0 Å². The molecule has 0 heterocycles. The summed E-state index contributed by atoms with van der Waals surface area (Å²) in [5, 5.41) is 0. The molecule has 0 amide bonds. The molecule has 1 aliphatic carbocycles. The number of aryl methyl sites for hydroxylation is 1. The Hall–Kier alpha value is -2.78. The maximum absolute atomic E-state index is 13.4. The van der Waals surface area contributed by atoms with E-state index in [2.05, 4.69) is 22.9 Å². The number of carbonyl (C=O) groups is 2. The first-order valence-corrected chi connectivity index (χ1v) is 10.2. The van der Waals surface area contributed by atoms with Gasteiger partial charge in [-0.05, 0) is 47.4 Å². The number of fused-ring (bicyclic) bond motifs is 1. The molecule has 0 bridgehead atoms. The normalized spacial score (nSPS) is 13.0. The van der Waals surface area contributed by atoms with Gasteiger partial charge in [0.2, 0.25) is 0 Å². The van der Waals surface area contributed by atoms with E-state index in [1.807, 2.05) is 54.6 Å². The fraction of sp³-hybridized carbons (Fsp3) is 0.120. The van der Waals surface area contributed by atoms with E-state index in [4.69, 9.17) is 0 Å². The second-order valence-electron chi connectivity index (χ2n) is 6.91. The fourth-order valence-electron chi connectivity index (χ4n) is 3.67. The van der Waals surface area contributed by atoms with Gasteiger partial charge in [0.15, 0.2) is 11.6 Å². The summed E-state index contributed by atoms with van der Waals surface area (Å²) in [5.74, 6) is -0.210. The van der Waals surface area contributed by atoms with Gasteiger partial charge in [-0.1, -0.05) is 77.8 Å². The first kappa shape index (κ1) is 18.6. The standard InChI is InChI=1S/C25H19BrO2/c1-2-5-16-8-10-17(11-9-16)22-23(20-6-3-4-7-21(20)25(22)28)24(27)18-12-14-19(26)15-13-18/h3-4,6-15H,2,5H2,1H3. The summed E-state index contributed by atoms with van der Waals surface area (Å²) < 4.78 is 0.910. The van der Waals surface area contributed by atoms with Crippen molar-refractivity contribution < 1.29 is 9.59 Å². The summed E-state index contributed by atoms with van der Waals surface area (Å²) in [6.45, 7) is 2.14. The van der Waals surface area contributed by atoms with E-state index in [0.29, 0.717) is 27.8 Å². The van der Waals surface area contributed by atoms with Crippen LogP contribution in [0, 0.1) is 0 Å². The minimum atomic E-state index is -0.126. The highest BCUT2D eigenvalue weighted by Crippen LogP contribution is 2.40. The van der Waals surface area contributed by atoms with Crippen molar-refractivity contribution in [1.82, 2.24) is 0 Å². The van der Waals surface area contributed by atoms with E-state index in [0.717, 1.165) is 22.9 Å². The Kier molecular flexibility index (Phi) is 5.10. The number of hydrogen-bond donors (Lipinski definition) is 0. The van der Waals surface area contributed by atoms with Crippen molar-refractivity contribution in [1.29, 1.82) is 0 Å². The Bertz CT molecular complexity index is 1090. The largest absolute Gasteiger partial charge is 0.289 e. The van der Waals surface area contributed by atoms with Gasteiger partial charge in [-0.3, -0.25) is 9.59 Å². The van der Waals surface area contributed by atoms with Gasteiger partial charge in [0.05, 0.1) is 0 Å². The van der Waals surface area contributed by atoms with E-state index < -0.39 is 0 Å². The number of allylic oxidation sites excluding steroid dienone is 2. The molecule has 0 fully saturated rings. The molecule has 0 aromatic heterocycles. The van der Waals surface area contributed by atoms with Gasteiger partial charge in [0.1, 0.15) is 0 Å². The maximum atomic E-state index is 13.4. The van der Waals surface area contributed by atoms with Gasteiger partial charge < -0.3 is 0 Å². The Morgan fingerprint density at radius 2 is 1.50 bits per heavy atom. The third-order valence-corrected chi connectivity index (χ3v) is 5.56. The summed E-state index contributed by atoms with van der Waals surface area (Å²) >= 11 is 3.40. The average Bonchev–Trinajstić information content (AvgIpc) is 3.02. The average molecular weight is 431 g/mol. The van der Waals surface area contributed by atoms with Gasteiger partial charge in [0.25, 0.3) is 0 Å². The lowest BCUT2D eigenvalue weighted by Crippen LogP contribution is -2.04. The molecule has 0 saturated heterocycles. The van der Waals surface area contributed by atoms with Crippen molar-refractivity contribution in [3.8, 4) is 0 Å². The van der Waals surface area contributed by atoms with Crippen LogP contribution in [0.4, 0.5) is 0 Å². The zero-order valence-electron chi connectivity index (χ0n) is 15.5. The van der Waals surface area contributed by atoms with Crippen molar-refractivity contribution in [3.05, 3.63) is 105 Å². The molecule has 0 aliphatic heterocycles. The Labute approximate surface area is 173 Å². The molecule has 3 heteroatoms. The highest BCUT2D eigenvalue weighted by Gasteiger charge is 2.34. The number of Topliss-reactive ketones (excluding diaryl/α,β-unsaturated/α-hetero) is 2. The molecule has 28 heavy (non-hydrogen) atoms. The second-order valence-corrected chi connectivity index (χ2v) is 7.82. The predicted octanol–water partition coefficient (Wildman–Crippen LogP) is 6.39. The number of ketones is 2. The van der Waals surface area contributed by atoms with Crippen LogP contribution in [0.5, 0.6) is 0 Å². The lowest BCUT2D eigenvalue weighted by atomic mass is 9.93. The van der Waals surface area contributed by atoms with Crippen LogP contribution >= 0.6 is 15.9 Å². The maximum Gasteiger partial charge on any atom is 0.195 e. The minimum Gasteiger partial charge on any atom is -0.289 e. The lowest BCUT2D eigenvalue weighted by Gasteiger charge is -2.09. The number of carbonyl (C=O) groups excluding carboxylic acids is 2. The summed E-state index contributed by atoms with van der Waals surface area (Å²) in [4.78, 5) is 26.6. The smallest absolute Gasteiger partial charge is 0.195 e. The van der Waals surface area contributed by atoms with Crippen LogP contribution in [0.15, 0.2) is 77.3 Å². The molecule has 0 atom stereocenters. The zero-order valence-corrected chi connectivity index (χ0v) is 17.1. The van der Waals surface area contributed by atoms with E-state index in [9.17, 15) is 9.59 Å². The van der Waals surface area contributed by atoms with Gasteiger partial charge in [-0.15, -0.1) is 0 Å². The first-order valence-electron chi connectivity index (χ1n) is 9.38. The summed E-state index contributed by atoms with van der Waals surface area (Å²) in [5.41, 5.74) is 4.90. The molecule has 0 saturated carbocycles. The van der Waals surface area contributed by atoms with Crippen LogP contribution in [0.3, 0.4) is 0 Å². The molecule has 138 valence electrons. The van der Waals surface area contributed by atoms with Crippen LogP contribution in [-0.4, -0.2) is 11.6 Å². The van der Waals surface area contributed by atoms with Crippen molar-refractivity contribution in [3.63, 3.8) is 0 Å². The molecule has 2 nitrogen and oxygen atoms in total. The highest BCUT2D eigenvalue weighted by molar-refractivity contribution is 9.10. The third kappa shape index (κ3) is 3.27. The SMILES string of the molecule is CCCc1ccc(C2=C(C(=O)c3ccc(Br)cc3)c3ccccc3C2=O)cc1. The predicted molar refractivity (Wildman–Crippen MR) is 116 cm³/mol. The monoisotopic (exact) mass is 430 g/mol. The number of halogens is 1. The molecule has 1 aliphatic rings. The van der Waals surface area contributed by atoms with Crippen LogP contribution in [0.25, 0.3) is 11.1 Å². The van der Waals surface area contributed by atoms with Crippen molar-refractivity contribution in [2.24, 2.45) is 0 Å². The second kappa shape index (κ2) is 7.69. The molecule has 4 rings (SSSR count). The zero-order chi connectivity index (χ0) is 19.7. The van der Waals surface area contributed by atoms with Crippen molar-refractivity contribution >= 4 is 38.6 Å². The van der Waals surface area contributed by atoms with E-state index >= 15 is 0 Å². The summed E-state index contributed by atoms with van der Waals surface area (Å²) in [7, 11) is 0. The summed E-state index contributed by atoms with van der Waals surface area (Å²) in [6, 6.07) is 22.6.